The number of anilines is 1. The van der Waals surface area contributed by atoms with Crippen molar-refractivity contribution in [3.05, 3.63) is 51.8 Å². The monoisotopic (exact) mass is 398 g/mol. The summed E-state index contributed by atoms with van der Waals surface area (Å²) in [6.07, 6.45) is 1.87. The predicted molar refractivity (Wildman–Crippen MR) is 92.5 cm³/mol. The number of nitrogens with one attached hydrogen (secondary N) is 2. The number of carbonyl (C=O) groups excluding carboxylic acids is 1. The first kappa shape index (κ1) is 17.5. The standard InChI is InChI=1S/C15H16BrClN4O2/c16-12-9-20-14(17)21-13(12)18-7-4-8-19-15(22)23-10-11-5-2-1-3-6-11/h1-3,5-6,9H,4,7-8,10H2,(H,19,22)(H,18,20,21). The van der Waals surface area contributed by atoms with Gasteiger partial charge in [0, 0.05) is 19.3 Å². The van der Waals surface area contributed by atoms with Gasteiger partial charge >= 0.3 is 6.09 Å². The summed E-state index contributed by atoms with van der Waals surface area (Å²) < 4.78 is 5.85. The zero-order valence-electron chi connectivity index (χ0n) is 12.3. The summed E-state index contributed by atoms with van der Waals surface area (Å²) >= 11 is 9.06. The number of alkyl carbamates (subject to hydrolysis) is 1. The molecule has 0 aliphatic carbocycles. The van der Waals surface area contributed by atoms with E-state index in [1.807, 2.05) is 30.3 Å². The molecule has 122 valence electrons. The fraction of sp³-hybridized carbons (Fsp3) is 0.267. The molecule has 0 aliphatic heterocycles. The van der Waals surface area contributed by atoms with Crippen LogP contribution in [0, 0.1) is 0 Å². The molecule has 2 N–H and O–H groups in total. The van der Waals surface area contributed by atoms with Gasteiger partial charge in [0.25, 0.3) is 0 Å². The van der Waals surface area contributed by atoms with Gasteiger partial charge in [-0.3, -0.25) is 0 Å². The van der Waals surface area contributed by atoms with Crippen molar-refractivity contribution in [3.8, 4) is 0 Å². The second-order valence-electron chi connectivity index (χ2n) is 4.60. The summed E-state index contributed by atoms with van der Waals surface area (Å²) in [5, 5.41) is 5.98. The highest BCUT2D eigenvalue weighted by molar-refractivity contribution is 9.10. The molecule has 1 aromatic heterocycles. The maximum absolute atomic E-state index is 11.5. The number of halogens is 2. The minimum absolute atomic E-state index is 0.179. The van der Waals surface area contributed by atoms with Gasteiger partial charge in [0.2, 0.25) is 5.28 Å². The Labute approximate surface area is 147 Å². The number of amides is 1. The summed E-state index contributed by atoms with van der Waals surface area (Å²) in [4.78, 5) is 19.4. The lowest BCUT2D eigenvalue weighted by Gasteiger charge is -2.09. The normalized spacial score (nSPS) is 10.2. The minimum atomic E-state index is -0.430. The van der Waals surface area contributed by atoms with Crippen LogP contribution in [-0.4, -0.2) is 29.2 Å². The van der Waals surface area contributed by atoms with Crippen LogP contribution in [-0.2, 0) is 11.3 Å². The van der Waals surface area contributed by atoms with E-state index in [4.69, 9.17) is 16.3 Å². The Kier molecular flexibility index (Phi) is 7.09. The number of hydrogen-bond donors (Lipinski definition) is 2. The molecule has 0 atom stereocenters. The lowest BCUT2D eigenvalue weighted by atomic mass is 10.2. The smallest absolute Gasteiger partial charge is 0.407 e. The van der Waals surface area contributed by atoms with Gasteiger partial charge in [0.1, 0.15) is 12.4 Å². The van der Waals surface area contributed by atoms with Crippen LogP contribution in [0.15, 0.2) is 41.0 Å². The second-order valence-corrected chi connectivity index (χ2v) is 5.80. The Balaban J connectivity index is 1.60. The van der Waals surface area contributed by atoms with Gasteiger partial charge in [-0.2, -0.15) is 4.98 Å². The maximum atomic E-state index is 11.5. The summed E-state index contributed by atoms with van der Waals surface area (Å²) in [7, 11) is 0. The van der Waals surface area contributed by atoms with Crippen molar-refractivity contribution in [2.24, 2.45) is 0 Å². The lowest BCUT2D eigenvalue weighted by Crippen LogP contribution is -2.26. The minimum Gasteiger partial charge on any atom is -0.445 e. The van der Waals surface area contributed by atoms with Gasteiger partial charge < -0.3 is 15.4 Å². The van der Waals surface area contributed by atoms with E-state index >= 15 is 0 Å². The topological polar surface area (TPSA) is 76.1 Å². The van der Waals surface area contributed by atoms with Crippen LogP contribution in [0.4, 0.5) is 10.6 Å². The quantitative estimate of drug-likeness (QED) is 0.549. The molecule has 8 heteroatoms. The molecule has 0 saturated heterocycles. The first-order chi connectivity index (χ1) is 11.1. The van der Waals surface area contributed by atoms with Crippen LogP contribution >= 0.6 is 27.5 Å². The van der Waals surface area contributed by atoms with Crippen LogP contribution in [0.1, 0.15) is 12.0 Å². The fourth-order valence-electron chi connectivity index (χ4n) is 1.73. The van der Waals surface area contributed by atoms with E-state index in [-0.39, 0.29) is 11.9 Å². The van der Waals surface area contributed by atoms with Crippen LogP contribution in [0.2, 0.25) is 5.28 Å². The molecule has 2 rings (SSSR count). The highest BCUT2D eigenvalue weighted by atomic mass is 79.9. The second kappa shape index (κ2) is 9.32. The molecule has 0 fully saturated rings. The van der Waals surface area contributed by atoms with Gasteiger partial charge in [-0.05, 0) is 39.5 Å². The van der Waals surface area contributed by atoms with Crippen molar-refractivity contribution in [1.29, 1.82) is 0 Å². The summed E-state index contributed by atoms with van der Waals surface area (Å²) in [5.41, 5.74) is 0.954. The highest BCUT2D eigenvalue weighted by Crippen LogP contribution is 2.19. The fourth-order valence-corrected chi connectivity index (χ4v) is 2.19. The number of rotatable bonds is 7. The molecule has 0 radical (unpaired) electrons. The summed E-state index contributed by atoms with van der Waals surface area (Å²) in [6, 6.07) is 9.53. The molecule has 0 unspecified atom stereocenters. The van der Waals surface area contributed by atoms with Crippen LogP contribution in [0.3, 0.4) is 0 Å². The van der Waals surface area contributed by atoms with Crippen LogP contribution in [0.5, 0.6) is 0 Å². The predicted octanol–water partition coefficient (Wildman–Crippen LogP) is 3.62. The Morgan fingerprint density at radius 2 is 2.04 bits per heavy atom. The van der Waals surface area contributed by atoms with E-state index in [0.29, 0.717) is 25.3 Å². The number of aromatic nitrogens is 2. The van der Waals surface area contributed by atoms with Gasteiger partial charge in [-0.25, -0.2) is 9.78 Å². The molecule has 1 heterocycles. The Bertz CT molecular complexity index is 643. The summed E-state index contributed by atoms with van der Waals surface area (Å²) in [6.45, 7) is 1.39. The van der Waals surface area contributed by atoms with E-state index in [1.165, 1.54) is 0 Å². The molecule has 1 aromatic carbocycles. The largest absolute Gasteiger partial charge is 0.445 e. The van der Waals surface area contributed by atoms with Crippen molar-refractivity contribution in [1.82, 2.24) is 15.3 Å². The molecular weight excluding hydrogens is 384 g/mol. The van der Waals surface area contributed by atoms with Crippen molar-refractivity contribution in [3.63, 3.8) is 0 Å². The van der Waals surface area contributed by atoms with E-state index in [1.54, 1.807) is 6.20 Å². The average Bonchev–Trinajstić information content (AvgIpc) is 2.56. The maximum Gasteiger partial charge on any atom is 0.407 e. The van der Waals surface area contributed by atoms with Crippen molar-refractivity contribution >= 4 is 39.4 Å². The van der Waals surface area contributed by atoms with E-state index in [2.05, 4.69) is 36.5 Å². The number of hydrogen-bond acceptors (Lipinski definition) is 5. The third kappa shape index (κ3) is 6.42. The van der Waals surface area contributed by atoms with Crippen molar-refractivity contribution in [2.75, 3.05) is 18.4 Å². The SMILES string of the molecule is O=C(NCCCNc1nc(Cl)ncc1Br)OCc1ccccc1. The Morgan fingerprint density at radius 1 is 1.26 bits per heavy atom. The van der Waals surface area contributed by atoms with Gasteiger partial charge in [0.15, 0.2) is 0 Å². The van der Waals surface area contributed by atoms with E-state index < -0.39 is 6.09 Å². The number of ether oxygens (including phenoxy) is 1. The van der Waals surface area contributed by atoms with E-state index in [0.717, 1.165) is 10.0 Å². The van der Waals surface area contributed by atoms with Crippen LogP contribution in [0.25, 0.3) is 0 Å². The number of nitrogens with zero attached hydrogens (tertiary/aromatic N) is 2. The molecule has 0 bridgehead atoms. The molecule has 0 spiro atoms. The lowest BCUT2D eigenvalue weighted by molar-refractivity contribution is 0.139. The van der Waals surface area contributed by atoms with Crippen molar-refractivity contribution in [2.45, 2.75) is 13.0 Å². The first-order valence-electron chi connectivity index (χ1n) is 7.01. The molecule has 23 heavy (non-hydrogen) atoms. The zero-order chi connectivity index (χ0) is 16.5. The van der Waals surface area contributed by atoms with E-state index in [9.17, 15) is 4.79 Å². The third-order valence-corrected chi connectivity index (χ3v) is 3.61. The molecule has 2 aromatic rings. The summed E-state index contributed by atoms with van der Waals surface area (Å²) in [5.74, 6) is 0.622. The van der Waals surface area contributed by atoms with Crippen molar-refractivity contribution < 1.29 is 9.53 Å². The first-order valence-corrected chi connectivity index (χ1v) is 8.18. The average molecular weight is 400 g/mol. The van der Waals surface area contributed by atoms with Gasteiger partial charge in [-0.15, -0.1) is 0 Å². The highest BCUT2D eigenvalue weighted by Gasteiger charge is 2.04. The molecule has 0 saturated carbocycles. The number of carbonyl (C=O) groups is 1. The zero-order valence-corrected chi connectivity index (χ0v) is 14.6. The van der Waals surface area contributed by atoms with Gasteiger partial charge in [0.05, 0.1) is 4.47 Å². The molecule has 0 aliphatic rings. The Morgan fingerprint density at radius 3 is 2.83 bits per heavy atom. The molecule has 1 amide bonds. The molecule has 6 nitrogen and oxygen atoms in total. The third-order valence-electron chi connectivity index (χ3n) is 2.84. The van der Waals surface area contributed by atoms with Gasteiger partial charge in [-0.1, -0.05) is 30.3 Å². The number of benzene rings is 1. The van der Waals surface area contributed by atoms with Crippen LogP contribution < -0.4 is 10.6 Å². The molecular formula is C15H16BrClN4O2. The Hall–Kier alpha value is -1.86.